The van der Waals surface area contributed by atoms with E-state index in [1.165, 1.54) is 11.1 Å². The second kappa shape index (κ2) is 4.57. The average molecular weight is 277 g/mol. The van der Waals surface area contributed by atoms with Crippen molar-refractivity contribution in [3.8, 4) is 0 Å². The Morgan fingerprint density at radius 2 is 1.84 bits per heavy atom. The third-order valence-electron chi connectivity index (χ3n) is 3.88. The SMILES string of the molecule is C=C1c2ccccc2[C@H](N[S@@](=O)C(C)(C)C)C1(C)C. The van der Waals surface area contributed by atoms with E-state index in [1.54, 1.807) is 0 Å². The maximum absolute atomic E-state index is 12.4. The van der Waals surface area contributed by atoms with Crippen LogP contribution in [0.3, 0.4) is 0 Å². The molecule has 104 valence electrons. The van der Waals surface area contributed by atoms with Gasteiger partial charge in [0, 0.05) is 5.41 Å². The number of benzene rings is 1. The third kappa shape index (κ3) is 2.41. The molecule has 1 aliphatic rings. The molecule has 0 radical (unpaired) electrons. The van der Waals surface area contributed by atoms with Crippen molar-refractivity contribution in [2.75, 3.05) is 0 Å². The highest BCUT2D eigenvalue weighted by Crippen LogP contribution is 2.52. The van der Waals surface area contributed by atoms with Crippen LogP contribution >= 0.6 is 0 Å². The molecule has 0 bridgehead atoms. The van der Waals surface area contributed by atoms with Gasteiger partial charge in [-0.25, -0.2) is 8.93 Å². The minimum Gasteiger partial charge on any atom is -0.242 e. The smallest absolute Gasteiger partial charge is 0.0976 e. The Morgan fingerprint density at radius 3 is 2.42 bits per heavy atom. The van der Waals surface area contributed by atoms with Crippen LogP contribution in [0.1, 0.15) is 51.8 Å². The van der Waals surface area contributed by atoms with Crippen LogP contribution in [0.5, 0.6) is 0 Å². The first-order valence-electron chi connectivity index (χ1n) is 6.62. The number of nitrogens with one attached hydrogen (secondary N) is 1. The Morgan fingerprint density at radius 1 is 1.26 bits per heavy atom. The Hall–Kier alpha value is -0.930. The lowest BCUT2D eigenvalue weighted by atomic mass is 9.83. The number of rotatable bonds is 2. The zero-order valence-electron chi connectivity index (χ0n) is 12.4. The van der Waals surface area contributed by atoms with Gasteiger partial charge in [-0.2, -0.15) is 0 Å². The van der Waals surface area contributed by atoms with Crippen molar-refractivity contribution in [1.29, 1.82) is 0 Å². The van der Waals surface area contributed by atoms with Crippen molar-refractivity contribution in [3.63, 3.8) is 0 Å². The van der Waals surface area contributed by atoms with Crippen LogP contribution in [0.2, 0.25) is 0 Å². The molecule has 0 spiro atoms. The van der Waals surface area contributed by atoms with E-state index in [-0.39, 0.29) is 16.2 Å². The Labute approximate surface area is 118 Å². The fourth-order valence-electron chi connectivity index (χ4n) is 2.43. The zero-order valence-corrected chi connectivity index (χ0v) is 13.2. The van der Waals surface area contributed by atoms with E-state index in [0.29, 0.717) is 0 Å². The highest BCUT2D eigenvalue weighted by atomic mass is 32.2. The number of fused-ring (bicyclic) bond motifs is 1. The highest BCUT2D eigenvalue weighted by Gasteiger charge is 2.43. The van der Waals surface area contributed by atoms with Crippen molar-refractivity contribution in [3.05, 3.63) is 42.0 Å². The van der Waals surface area contributed by atoms with Gasteiger partial charge in [-0.15, -0.1) is 0 Å². The fourth-order valence-corrected chi connectivity index (χ4v) is 3.42. The van der Waals surface area contributed by atoms with Gasteiger partial charge in [0.25, 0.3) is 0 Å². The summed E-state index contributed by atoms with van der Waals surface area (Å²) in [6, 6.07) is 8.32. The van der Waals surface area contributed by atoms with Crippen LogP contribution in [0.4, 0.5) is 0 Å². The molecule has 0 saturated heterocycles. The van der Waals surface area contributed by atoms with E-state index in [9.17, 15) is 4.21 Å². The normalized spacial score (nSPS) is 23.2. The summed E-state index contributed by atoms with van der Waals surface area (Å²) >= 11 is 0. The Balaban J connectivity index is 2.40. The highest BCUT2D eigenvalue weighted by molar-refractivity contribution is 7.84. The molecule has 0 fully saturated rings. The van der Waals surface area contributed by atoms with Crippen LogP contribution in [0, 0.1) is 5.41 Å². The molecule has 0 amide bonds. The minimum atomic E-state index is -1.09. The van der Waals surface area contributed by atoms with Crippen LogP contribution < -0.4 is 4.72 Å². The predicted octanol–water partition coefficient (Wildman–Crippen LogP) is 3.83. The molecule has 19 heavy (non-hydrogen) atoms. The second-order valence-electron chi connectivity index (χ2n) is 6.72. The first-order chi connectivity index (χ1) is 8.65. The molecule has 1 N–H and O–H groups in total. The topological polar surface area (TPSA) is 29.1 Å². The molecule has 2 rings (SSSR count). The summed E-state index contributed by atoms with van der Waals surface area (Å²) < 4.78 is 15.4. The number of hydrogen-bond acceptors (Lipinski definition) is 1. The molecule has 2 atom stereocenters. The molecule has 1 aromatic rings. The molecular formula is C16H23NOS. The van der Waals surface area contributed by atoms with E-state index in [2.05, 4.69) is 37.3 Å². The van der Waals surface area contributed by atoms with Gasteiger partial charge >= 0.3 is 0 Å². The fraction of sp³-hybridized carbons (Fsp3) is 0.500. The summed E-state index contributed by atoms with van der Waals surface area (Å²) in [5, 5.41) is 0. The molecule has 1 aromatic carbocycles. The van der Waals surface area contributed by atoms with Gasteiger partial charge in [0.2, 0.25) is 0 Å². The van der Waals surface area contributed by atoms with E-state index >= 15 is 0 Å². The summed E-state index contributed by atoms with van der Waals surface area (Å²) in [4.78, 5) is 0. The summed E-state index contributed by atoms with van der Waals surface area (Å²) in [6.45, 7) is 14.5. The van der Waals surface area contributed by atoms with Crippen LogP contribution in [-0.4, -0.2) is 8.96 Å². The summed E-state index contributed by atoms with van der Waals surface area (Å²) in [5.74, 6) is 0. The summed E-state index contributed by atoms with van der Waals surface area (Å²) in [6.07, 6.45) is 0. The molecule has 0 unspecified atom stereocenters. The van der Waals surface area contributed by atoms with Crippen LogP contribution in [-0.2, 0) is 11.0 Å². The third-order valence-corrected chi connectivity index (χ3v) is 5.44. The summed E-state index contributed by atoms with van der Waals surface area (Å²) in [7, 11) is -1.09. The van der Waals surface area contributed by atoms with Crippen LogP contribution in [0.15, 0.2) is 30.8 Å². The second-order valence-corrected chi connectivity index (χ2v) is 8.72. The minimum absolute atomic E-state index is 0.0521. The first kappa shape index (κ1) is 14.5. The lowest BCUT2D eigenvalue weighted by Crippen LogP contribution is -2.39. The Bertz CT molecular complexity index is 540. The maximum Gasteiger partial charge on any atom is 0.0976 e. The van der Waals surface area contributed by atoms with E-state index in [1.807, 2.05) is 32.9 Å². The molecule has 0 saturated carbocycles. The Kier molecular flexibility index (Phi) is 3.48. The van der Waals surface area contributed by atoms with Crippen molar-refractivity contribution in [1.82, 2.24) is 4.72 Å². The van der Waals surface area contributed by atoms with Crippen LogP contribution in [0.25, 0.3) is 5.57 Å². The van der Waals surface area contributed by atoms with Gasteiger partial charge < -0.3 is 0 Å². The average Bonchev–Trinajstić information content (AvgIpc) is 2.50. The lowest BCUT2D eigenvalue weighted by molar-refractivity contribution is 0.391. The van der Waals surface area contributed by atoms with E-state index in [4.69, 9.17) is 0 Å². The largest absolute Gasteiger partial charge is 0.242 e. The first-order valence-corrected chi connectivity index (χ1v) is 7.77. The molecule has 0 aromatic heterocycles. The van der Waals surface area contributed by atoms with Crippen molar-refractivity contribution < 1.29 is 4.21 Å². The molecule has 3 heteroatoms. The molecule has 1 aliphatic carbocycles. The summed E-state index contributed by atoms with van der Waals surface area (Å²) in [5.41, 5.74) is 3.39. The zero-order chi connectivity index (χ0) is 14.4. The molecule has 0 aliphatic heterocycles. The van der Waals surface area contributed by atoms with Crippen molar-refractivity contribution in [2.45, 2.75) is 45.4 Å². The van der Waals surface area contributed by atoms with E-state index < -0.39 is 11.0 Å². The van der Waals surface area contributed by atoms with E-state index in [0.717, 1.165) is 5.57 Å². The van der Waals surface area contributed by atoms with Gasteiger partial charge in [-0.3, -0.25) is 0 Å². The van der Waals surface area contributed by atoms with Gasteiger partial charge in [-0.1, -0.05) is 44.7 Å². The molecule has 0 heterocycles. The molecular weight excluding hydrogens is 254 g/mol. The molecule has 2 nitrogen and oxygen atoms in total. The predicted molar refractivity (Wildman–Crippen MR) is 83.0 cm³/mol. The monoisotopic (exact) mass is 277 g/mol. The van der Waals surface area contributed by atoms with Gasteiger partial charge in [0.05, 0.1) is 21.8 Å². The lowest BCUT2D eigenvalue weighted by Gasteiger charge is -2.31. The van der Waals surface area contributed by atoms with Crippen molar-refractivity contribution >= 4 is 16.6 Å². The van der Waals surface area contributed by atoms with Gasteiger partial charge in [0.15, 0.2) is 0 Å². The standard InChI is InChI=1S/C16H23NOS/c1-11-12-9-7-8-10-13(12)14(16(11,5)6)17-19(18)15(2,3)4/h7-10,14,17H,1H2,2-6H3/t14-,19-/m0/s1. The quantitative estimate of drug-likeness (QED) is 0.874. The van der Waals surface area contributed by atoms with Crippen molar-refractivity contribution in [2.24, 2.45) is 5.41 Å². The van der Waals surface area contributed by atoms with Gasteiger partial charge in [-0.05, 0) is 37.5 Å². The maximum atomic E-state index is 12.4. The van der Waals surface area contributed by atoms with Gasteiger partial charge in [0.1, 0.15) is 0 Å². The number of hydrogen-bond donors (Lipinski definition) is 1.